The van der Waals surface area contributed by atoms with Gasteiger partial charge in [0.2, 0.25) is 5.91 Å². The van der Waals surface area contributed by atoms with Crippen LogP contribution in [0.1, 0.15) is 33.6 Å². The second-order valence-electron chi connectivity index (χ2n) is 4.24. The third-order valence-corrected chi connectivity index (χ3v) is 3.48. The number of hydrogen-bond acceptors (Lipinski definition) is 3. The van der Waals surface area contributed by atoms with E-state index in [1.807, 2.05) is 19.9 Å². The average molecular weight is 244 g/mol. The summed E-state index contributed by atoms with van der Waals surface area (Å²) >= 11 is 0. The third kappa shape index (κ3) is 4.75. The summed E-state index contributed by atoms with van der Waals surface area (Å²) in [7, 11) is -0.842. The standard InChI is InChI=1S/C11H20N2O2S/c1-5-11(3,8-12)10(14)13-9(2)6-7-16(4)15/h9H,5-7H2,1-4H3,(H,13,14). The van der Waals surface area contributed by atoms with E-state index in [9.17, 15) is 9.00 Å². The molecule has 0 aromatic heterocycles. The molecule has 16 heavy (non-hydrogen) atoms. The molecular formula is C11H20N2O2S. The van der Waals surface area contributed by atoms with Crippen molar-refractivity contribution in [1.82, 2.24) is 5.32 Å². The molecule has 92 valence electrons. The Morgan fingerprint density at radius 2 is 2.19 bits per heavy atom. The lowest BCUT2D eigenvalue weighted by atomic mass is 9.88. The Hall–Kier alpha value is -0.890. The number of nitriles is 1. The number of carbonyl (C=O) groups excluding carboxylic acids is 1. The summed E-state index contributed by atoms with van der Waals surface area (Å²) in [6.07, 6.45) is 2.79. The first kappa shape index (κ1) is 15.1. The summed E-state index contributed by atoms with van der Waals surface area (Å²) in [5.41, 5.74) is -0.959. The van der Waals surface area contributed by atoms with Gasteiger partial charge in [-0.15, -0.1) is 0 Å². The molecular weight excluding hydrogens is 224 g/mol. The van der Waals surface area contributed by atoms with Crippen molar-refractivity contribution in [3.63, 3.8) is 0 Å². The molecule has 0 bridgehead atoms. The van der Waals surface area contributed by atoms with Gasteiger partial charge in [-0.3, -0.25) is 9.00 Å². The molecule has 0 aromatic carbocycles. The maximum atomic E-state index is 11.8. The molecule has 1 N–H and O–H groups in total. The van der Waals surface area contributed by atoms with Gasteiger partial charge in [-0.05, 0) is 26.7 Å². The Morgan fingerprint density at radius 3 is 2.56 bits per heavy atom. The van der Waals surface area contributed by atoms with Crippen molar-refractivity contribution in [3.8, 4) is 6.07 Å². The second kappa shape index (κ2) is 6.64. The van der Waals surface area contributed by atoms with Crippen LogP contribution in [0.15, 0.2) is 0 Å². The highest BCUT2D eigenvalue weighted by Crippen LogP contribution is 2.19. The van der Waals surface area contributed by atoms with Gasteiger partial charge in [0.1, 0.15) is 5.41 Å². The van der Waals surface area contributed by atoms with Crippen LogP contribution in [-0.4, -0.2) is 28.2 Å². The van der Waals surface area contributed by atoms with Crippen LogP contribution in [0.4, 0.5) is 0 Å². The van der Waals surface area contributed by atoms with Crippen molar-refractivity contribution in [1.29, 1.82) is 5.26 Å². The molecule has 0 fully saturated rings. The third-order valence-electron chi connectivity index (χ3n) is 2.67. The maximum Gasteiger partial charge on any atom is 0.240 e. The van der Waals surface area contributed by atoms with E-state index in [-0.39, 0.29) is 11.9 Å². The van der Waals surface area contributed by atoms with Crippen LogP contribution in [-0.2, 0) is 15.6 Å². The molecule has 0 saturated heterocycles. The Labute approximate surface area is 99.9 Å². The smallest absolute Gasteiger partial charge is 0.240 e. The molecule has 3 unspecified atom stereocenters. The average Bonchev–Trinajstić information content (AvgIpc) is 2.25. The zero-order valence-corrected chi connectivity index (χ0v) is 11.2. The van der Waals surface area contributed by atoms with E-state index in [1.165, 1.54) is 0 Å². The van der Waals surface area contributed by atoms with Crippen LogP contribution in [0, 0.1) is 16.7 Å². The number of hydrogen-bond donors (Lipinski definition) is 1. The van der Waals surface area contributed by atoms with E-state index in [1.54, 1.807) is 13.2 Å². The second-order valence-corrected chi connectivity index (χ2v) is 5.79. The van der Waals surface area contributed by atoms with Gasteiger partial charge < -0.3 is 5.32 Å². The van der Waals surface area contributed by atoms with E-state index in [0.717, 1.165) is 0 Å². The van der Waals surface area contributed by atoms with Crippen LogP contribution in [0.5, 0.6) is 0 Å². The minimum Gasteiger partial charge on any atom is -0.352 e. The number of carbonyl (C=O) groups is 1. The number of rotatable bonds is 6. The van der Waals surface area contributed by atoms with Crippen LogP contribution >= 0.6 is 0 Å². The highest BCUT2D eigenvalue weighted by molar-refractivity contribution is 7.84. The Bertz CT molecular complexity index is 312. The molecule has 4 nitrogen and oxygen atoms in total. The number of nitrogens with one attached hydrogen (secondary N) is 1. The lowest BCUT2D eigenvalue weighted by Gasteiger charge is -2.22. The Kier molecular flexibility index (Phi) is 6.27. The quantitative estimate of drug-likeness (QED) is 0.763. The maximum absolute atomic E-state index is 11.8. The van der Waals surface area contributed by atoms with Gasteiger partial charge >= 0.3 is 0 Å². The van der Waals surface area contributed by atoms with Gasteiger partial charge in [0.15, 0.2) is 0 Å². The van der Waals surface area contributed by atoms with E-state index in [2.05, 4.69) is 5.32 Å². The Morgan fingerprint density at radius 1 is 1.62 bits per heavy atom. The van der Waals surface area contributed by atoms with Crippen LogP contribution in [0.3, 0.4) is 0 Å². The molecule has 0 aliphatic heterocycles. The van der Waals surface area contributed by atoms with Crippen molar-refractivity contribution in [3.05, 3.63) is 0 Å². The minimum atomic E-state index is -0.959. The summed E-state index contributed by atoms with van der Waals surface area (Å²) in [5, 5.41) is 11.7. The lowest BCUT2D eigenvalue weighted by Crippen LogP contribution is -2.42. The summed E-state index contributed by atoms with van der Waals surface area (Å²) in [6, 6.07) is 1.98. The van der Waals surface area contributed by atoms with Gasteiger partial charge in [-0.2, -0.15) is 5.26 Å². The van der Waals surface area contributed by atoms with Crippen LogP contribution in [0.2, 0.25) is 0 Å². The van der Waals surface area contributed by atoms with Crippen molar-refractivity contribution < 1.29 is 9.00 Å². The van der Waals surface area contributed by atoms with Crippen molar-refractivity contribution in [2.75, 3.05) is 12.0 Å². The zero-order valence-electron chi connectivity index (χ0n) is 10.4. The van der Waals surface area contributed by atoms with Crippen LogP contribution < -0.4 is 5.32 Å². The lowest BCUT2D eigenvalue weighted by molar-refractivity contribution is -0.128. The molecule has 5 heteroatoms. The molecule has 1 amide bonds. The van der Waals surface area contributed by atoms with E-state index in [0.29, 0.717) is 18.6 Å². The first-order valence-electron chi connectivity index (χ1n) is 5.38. The fraction of sp³-hybridized carbons (Fsp3) is 0.818. The summed E-state index contributed by atoms with van der Waals surface area (Å²) < 4.78 is 10.9. The zero-order chi connectivity index (χ0) is 12.8. The van der Waals surface area contributed by atoms with Gasteiger partial charge in [0.25, 0.3) is 0 Å². The first-order chi connectivity index (χ1) is 7.35. The topological polar surface area (TPSA) is 70.0 Å². The fourth-order valence-electron chi connectivity index (χ4n) is 1.09. The summed E-state index contributed by atoms with van der Waals surface area (Å²) in [6.45, 7) is 5.31. The molecule has 0 spiro atoms. The monoisotopic (exact) mass is 244 g/mol. The molecule has 0 aliphatic carbocycles. The van der Waals surface area contributed by atoms with Crippen LogP contribution in [0.25, 0.3) is 0 Å². The highest BCUT2D eigenvalue weighted by atomic mass is 32.2. The van der Waals surface area contributed by atoms with Crippen molar-refractivity contribution in [2.24, 2.45) is 5.41 Å². The largest absolute Gasteiger partial charge is 0.352 e. The molecule has 0 aromatic rings. The Balaban J connectivity index is 4.24. The SMILES string of the molecule is CCC(C)(C#N)C(=O)NC(C)CCS(C)=O. The molecule has 3 atom stereocenters. The first-order valence-corrected chi connectivity index (χ1v) is 7.10. The van der Waals surface area contributed by atoms with E-state index in [4.69, 9.17) is 5.26 Å². The minimum absolute atomic E-state index is 0.0457. The van der Waals surface area contributed by atoms with Gasteiger partial charge in [0, 0.05) is 28.9 Å². The number of amides is 1. The van der Waals surface area contributed by atoms with Crippen molar-refractivity contribution >= 4 is 16.7 Å². The molecule has 0 aliphatic rings. The normalized spacial score (nSPS) is 17.9. The predicted molar refractivity (Wildman–Crippen MR) is 65.2 cm³/mol. The number of nitrogens with zero attached hydrogens (tertiary/aromatic N) is 1. The predicted octanol–water partition coefficient (Wildman–Crippen LogP) is 1.20. The molecule has 0 rings (SSSR count). The fourth-order valence-corrected chi connectivity index (χ4v) is 1.77. The summed E-state index contributed by atoms with van der Waals surface area (Å²) in [4.78, 5) is 11.8. The summed E-state index contributed by atoms with van der Waals surface area (Å²) in [5.74, 6) is 0.323. The van der Waals surface area contributed by atoms with Gasteiger partial charge in [0.05, 0.1) is 6.07 Å². The van der Waals surface area contributed by atoms with Crippen molar-refractivity contribution in [2.45, 2.75) is 39.7 Å². The van der Waals surface area contributed by atoms with Gasteiger partial charge in [-0.1, -0.05) is 6.92 Å². The highest BCUT2D eigenvalue weighted by Gasteiger charge is 2.31. The molecule has 0 radical (unpaired) electrons. The molecule has 0 heterocycles. The van der Waals surface area contributed by atoms with E-state index >= 15 is 0 Å². The van der Waals surface area contributed by atoms with E-state index < -0.39 is 16.2 Å². The molecule has 0 saturated carbocycles. The van der Waals surface area contributed by atoms with Gasteiger partial charge in [-0.25, -0.2) is 0 Å².